The minimum Gasteiger partial charge on any atom is -0.265 e. The zero-order valence-corrected chi connectivity index (χ0v) is 12.2. The van der Waals surface area contributed by atoms with Crippen molar-refractivity contribution >= 4 is 23.4 Å². The smallest absolute Gasteiger partial charge is 0.0270 e. The number of nitrogens with zero attached hydrogens (tertiary/aromatic N) is 1. The molecule has 0 atom stereocenters. The minimum atomic E-state index is 0.788. The van der Waals surface area contributed by atoms with E-state index in [1.165, 1.54) is 27.5 Å². The standard InChI is InChI=1S/C18H17NS/c20-13-16-7-6-15-3-1-2-4-17(15)18(16)8-5-14-9-11-19-12-10-14/h1-4,6-7,9-12,20H,5,8,13H2. The van der Waals surface area contributed by atoms with Crippen molar-refractivity contribution in [3.63, 3.8) is 0 Å². The summed E-state index contributed by atoms with van der Waals surface area (Å²) in [5, 5.41) is 2.66. The molecule has 0 bridgehead atoms. The first-order chi connectivity index (χ1) is 9.88. The van der Waals surface area contributed by atoms with E-state index >= 15 is 0 Å². The molecule has 0 amide bonds. The molecule has 1 heterocycles. The van der Waals surface area contributed by atoms with Gasteiger partial charge in [-0.1, -0.05) is 36.4 Å². The summed E-state index contributed by atoms with van der Waals surface area (Å²) in [7, 11) is 0. The monoisotopic (exact) mass is 279 g/mol. The Bertz CT molecular complexity index is 707. The summed E-state index contributed by atoms with van der Waals surface area (Å²) in [6, 6.07) is 17.2. The maximum Gasteiger partial charge on any atom is 0.0270 e. The Morgan fingerprint density at radius 3 is 2.45 bits per heavy atom. The third-order valence-corrected chi connectivity index (χ3v) is 4.06. The fourth-order valence-corrected chi connectivity index (χ4v) is 2.94. The summed E-state index contributed by atoms with van der Waals surface area (Å²) in [4.78, 5) is 4.07. The molecule has 0 spiro atoms. The quantitative estimate of drug-likeness (QED) is 0.696. The van der Waals surface area contributed by atoms with E-state index < -0.39 is 0 Å². The van der Waals surface area contributed by atoms with Crippen LogP contribution in [0.3, 0.4) is 0 Å². The van der Waals surface area contributed by atoms with Gasteiger partial charge in [-0.25, -0.2) is 0 Å². The third kappa shape index (κ3) is 2.70. The average Bonchev–Trinajstić information content (AvgIpc) is 2.53. The van der Waals surface area contributed by atoms with Crippen LogP contribution in [0.4, 0.5) is 0 Å². The maximum atomic E-state index is 4.48. The van der Waals surface area contributed by atoms with Crippen molar-refractivity contribution < 1.29 is 0 Å². The topological polar surface area (TPSA) is 12.9 Å². The Hall–Kier alpha value is -1.80. The summed E-state index contributed by atoms with van der Waals surface area (Å²) < 4.78 is 0. The number of rotatable bonds is 4. The number of thiol groups is 1. The fourth-order valence-electron chi connectivity index (χ4n) is 2.64. The number of aromatic nitrogens is 1. The van der Waals surface area contributed by atoms with Crippen molar-refractivity contribution in [1.29, 1.82) is 0 Å². The van der Waals surface area contributed by atoms with Gasteiger partial charge in [-0.05, 0) is 52.4 Å². The molecule has 0 aliphatic carbocycles. The number of hydrogen-bond acceptors (Lipinski definition) is 2. The van der Waals surface area contributed by atoms with Crippen LogP contribution in [0.25, 0.3) is 10.8 Å². The zero-order valence-electron chi connectivity index (χ0n) is 11.3. The molecule has 0 unspecified atom stereocenters. The van der Waals surface area contributed by atoms with Crippen LogP contribution in [0.5, 0.6) is 0 Å². The summed E-state index contributed by atoms with van der Waals surface area (Å²) >= 11 is 4.48. The van der Waals surface area contributed by atoms with Crippen molar-refractivity contribution in [2.75, 3.05) is 0 Å². The van der Waals surface area contributed by atoms with Crippen LogP contribution in [-0.2, 0) is 18.6 Å². The summed E-state index contributed by atoms with van der Waals surface area (Å²) in [5.41, 5.74) is 4.09. The average molecular weight is 279 g/mol. The largest absolute Gasteiger partial charge is 0.265 e. The van der Waals surface area contributed by atoms with Gasteiger partial charge in [0.05, 0.1) is 0 Å². The second-order valence-electron chi connectivity index (χ2n) is 4.94. The predicted octanol–water partition coefficient (Wildman–Crippen LogP) is 4.45. The van der Waals surface area contributed by atoms with Gasteiger partial charge in [0.2, 0.25) is 0 Å². The second-order valence-corrected chi connectivity index (χ2v) is 5.25. The lowest BCUT2D eigenvalue weighted by Gasteiger charge is -2.12. The first-order valence-corrected chi connectivity index (χ1v) is 7.51. The van der Waals surface area contributed by atoms with E-state index in [-0.39, 0.29) is 0 Å². The van der Waals surface area contributed by atoms with Gasteiger partial charge in [0.15, 0.2) is 0 Å². The zero-order chi connectivity index (χ0) is 13.8. The van der Waals surface area contributed by atoms with E-state index in [2.05, 4.69) is 66.1 Å². The molecule has 20 heavy (non-hydrogen) atoms. The van der Waals surface area contributed by atoms with Crippen LogP contribution in [0, 0.1) is 0 Å². The Balaban J connectivity index is 1.96. The van der Waals surface area contributed by atoms with Crippen molar-refractivity contribution in [2.45, 2.75) is 18.6 Å². The van der Waals surface area contributed by atoms with Crippen molar-refractivity contribution in [3.05, 3.63) is 77.6 Å². The highest BCUT2D eigenvalue weighted by Crippen LogP contribution is 2.25. The first kappa shape index (κ1) is 13.2. The van der Waals surface area contributed by atoms with E-state index in [9.17, 15) is 0 Å². The third-order valence-electron chi connectivity index (χ3n) is 3.72. The van der Waals surface area contributed by atoms with E-state index in [0.717, 1.165) is 18.6 Å². The molecule has 1 nitrogen and oxygen atoms in total. The van der Waals surface area contributed by atoms with Crippen LogP contribution in [0.1, 0.15) is 16.7 Å². The molecule has 3 rings (SSSR count). The molecule has 3 aromatic rings. The number of hydrogen-bond donors (Lipinski definition) is 1. The lowest BCUT2D eigenvalue weighted by atomic mass is 9.95. The Morgan fingerprint density at radius 1 is 0.850 bits per heavy atom. The van der Waals surface area contributed by atoms with Crippen molar-refractivity contribution in [1.82, 2.24) is 4.98 Å². The molecule has 0 aliphatic rings. The molecule has 0 fully saturated rings. The van der Waals surface area contributed by atoms with E-state index in [0.29, 0.717) is 0 Å². The minimum absolute atomic E-state index is 0.788. The lowest BCUT2D eigenvalue weighted by Crippen LogP contribution is -1.97. The van der Waals surface area contributed by atoms with Gasteiger partial charge in [-0.2, -0.15) is 12.6 Å². The van der Waals surface area contributed by atoms with Crippen LogP contribution in [0.15, 0.2) is 60.9 Å². The SMILES string of the molecule is SCc1ccc2ccccc2c1CCc1ccncc1. The Kier molecular flexibility index (Phi) is 4.03. The highest BCUT2D eigenvalue weighted by atomic mass is 32.1. The maximum absolute atomic E-state index is 4.48. The summed E-state index contributed by atoms with van der Waals surface area (Å²) in [5.74, 6) is 0.788. The van der Waals surface area contributed by atoms with Gasteiger partial charge >= 0.3 is 0 Å². The number of aryl methyl sites for hydroxylation is 2. The van der Waals surface area contributed by atoms with Crippen LogP contribution >= 0.6 is 12.6 Å². The van der Waals surface area contributed by atoms with E-state index in [1.807, 2.05) is 12.4 Å². The normalized spacial score (nSPS) is 10.8. The predicted molar refractivity (Wildman–Crippen MR) is 88.3 cm³/mol. The molecule has 1 aromatic heterocycles. The number of pyridine rings is 1. The van der Waals surface area contributed by atoms with Crippen molar-refractivity contribution in [2.24, 2.45) is 0 Å². The molecule has 0 radical (unpaired) electrons. The first-order valence-electron chi connectivity index (χ1n) is 6.88. The van der Waals surface area contributed by atoms with E-state index in [4.69, 9.17) is 0 Å². The molecule has 0 N–H and O–H groups in total. The lowest BCUT2D eigenvalue weighted by molar-refractivity contribution is 0.952. The highest BCUT2D eigenvalue weighted by Gasteiger charge is 2.06. The van der Waals surface area contributed by atoms with E-state index in [1.54, 1.807) is 0 Å². The molecule has 0 saturated carbocycles. The van der Waals surface area contributed by atoms with Gasteiger partial charge < -0.3 is 0 Å². The Labute approximate surface area is 125 Å². The van der Waals surface area contributed by atoms with Crippen molar-refractivity contribution in [3.8, 4) is 0 Å². The number of fused-ring (bicyclic) bond motifs is 1. The van der Waals surface area contributed by atoms with Crippen LogP contribution < -0.4 is 0 Å². The molecular weight excluding hydrogens is 262 g/mol. The van der Waals surface area contributed by atoms with Gasteiger partial charge in [0, 0.05) is 18.1 Å². The van der Waals surface area contributed by atoms with Crippen LogP contribution in [-0.4, -0.2) is 4.98 Å². The second kappa shape index (κ2) is 6.10. The summed E-state index contributed by atoms with van der Waals surface area (Å²) in [6.45, 7) is 0. The molecular formula is C18H17NS. The van der Waals surface area contributed by atoms with Gasteiger partial charge in [-0.15, -0.1) is 0 Å². The fraction of sp³-hybridized carbons (Fsp3) is 0.167. The molecule has 0 aliphatic heterocycles. The van der Waals surface area contributed by atoms with Gasteiger partial charge in [0.1, 0.15) is 0 Å². The number of benzene rings is 2. The highest BCUT2D eigenvalue weighted by molar-refractivity contribution is 7.79. The van der Waals surface area contributed by atoms with Gasteiger partial charge in [0.25, 0.3) is 0 Å². The Morgan fingerprint density at radius 2 is 1.65 bits per heavy atom. The summed E-state index contributed by atoms with van der Waals surface area (Å²) in [6.07, 6.45) is 5.80. The molecule has 100 valence electrons. The van der Waals surface area contributed by atoms with Crippen LogP contribution in [0.2, 0.25) is 0 Å². The molecule has 0 saturated heterocycles. The molecule has 2 aromatic carbocycles. The molecule has 2 heteroatoms. The van der Waals surface area contributed by atoms with Gasteiger partial charge in [-0.3, -0.25) is 4.98 Å².